The summed E-state index contributed by atoms with van der Waals surface area (Å²) in [6, 6.07) is 21.5. The zero-order valence-electron chi connectivity index (χ0n) is 13.1. The van der Waals surface area contributed by atoms with Crippen LogP contribution in [-0.2, 0) is 12.8 Å². The summed E-state index contributed by atoms with van der Waals surface area (Å²) in [5, 5.41) is 0. The molecule has 1 radical (unpaired) electrons. The van der Waals surface area contributed by atoms with Gasteiger partial charge in [-0.05, 0) is 36.8 Å². The van der Waals surface area contributed by atoms with Gasteiger partial charge in [-0.15, -0.1) is 0 Å². The van der Waals surface area contributed by atoms with Gasteiger partial charge in [-0.25, -0.2) is 0 Å². The van der Waals surface area contributed by atoms with Crippen molar-refractivity contribution in [3.8, 4) is 11.8 Å². The van der Waals surface area contributed by atoms with Crippen LogP contribution in [0.4, 0.5) is 0 Å². The molecule has 2 aromatic rings. The highest BCUT2D eigenvalue weighted by atomic mass is 14.2. The molecule has 0 N–H and O–H groups in total. The van der Waals surface area contributed by atoms with E-state index in [1.807, 2.05) is 0 Å². The van der Waals surface area contributed by atoms with Crippen LogP contribution in [0.3, 0.4) is 0 Å². The van der Waals surface area contributed by atoms with E-state index in [0.29, 0.717) is 5.92 Å². The first-order valence-electron chi connectivity index (χ1n) is 8.34. The van der Waals surface area contributed by atoms with Gasteiger partial charge in [0.15, 0.2) is 0 Å². The normalized spacial score (nSPS) is 18.8. The van der Waals surface area contributed by atoms with E-state index in [-0.39, 0.29) is 0 Å². The van der Waals surface area contributed by atoms with Gasteiger partial charge in [-0.3, -0.25) is 0 Å². The van der Waals surface area contributed by atoms with Crippen molar-refractivity contribution in [2.24, 2.45) is 5.92 Å². The van der Waals surface area contributed by atoms with Crippen molar-refractivity contribution < 1.29 is 0 Å². The van der Waals surface area contributed by atoms with Crippen molar-refractivity contribution in [3.63, 3.8) is 0 Å². The van der Waals surface area contributed by atoms with E-state index >= 15 is 0 Å². The second-order valence-electron chi connectivity index (χ2n) is 6.17. The molecule has 0 saturated heterocycles. The van der Waals surface area contributed by atoms with E-state index in [9.17, 15) is 0 Å². The Bertz CT molecular complexity index is 560. The van der Waals surface area contributed by atoms with Gasteiger partial charge in [0.05, 0.1) is 5.92 Å². The smallest absolute Gasteiger partial charge is 0.0523 e. The van der Waals surface area contributed by atoms with Gasteiger partial charge in [0, 0.05) is 5.92 Å². The molecule has 0 aromatic heterocycles. The first-order valence-corrected chi connectivity index (χ1v) is 8.34. The van der Waals surface area contributed by atoms with Crippen LogP contribution in [0.15, 0.2) is 60.7 Å². The van der Waals surface area contributed by atoms with Crippen LogP contribution in [0.2, 0.25) is 0 Å². The molecular weight excluding hydrogens is 264 g/mol. The molecule has 0 saturated carbocycles. The molecule has 1 aliphatic carbocycles. The molecule has 22 heavy (non-hydrogen) atoms. The minimum absolute atomic E-state index is 0.508. The van der Waals surface area contributed by atoms with Crippen molar-refractivity contribution >= 4 is 0 Å². The lowest BCUT2D eigenvalue weighted by Crippen LogP contribution is -2.08. The molecule has 0 amide bonds. The first-order chi connectivity index (χ1) is 10.9. The maximum Gasteiger partial charge on any atom is 0.0523 e. The SMILES string of the molecule is C1#CC(Cc2ccccc2)CCCC[C]1Cc1ccccc1. The molecule has 1 unspecified atom stereocenters. The maximum atomic E-state index is 3.55. The van der Waals surface area contributed by atoms with E-state index < -0.39 is 0 Å². The van der Waals surface area contributed by atoms with Crippen LogP contribution >= 0.6 is 0 Å². The molecule has 0 spiro atoms. The third-order valence-electron chi connectivity index (χ3n) is 4.32. The van der Waals surface area contributed by atoms with Gasteiger partial charge in [0.2, 0.25) is 0 Å². The third-order valence-corrected chi connectivity index (χ3v) is 4.32. The van der Waals surface area contributed by atoms with E-state index in [1.165, 1.54) is 42.7 Å². The van der Waals surface area contributed by atoms with Crippen LogP contribution in [0, 0.1) is 23.7 Å². The zero-order chi connectivity index (χ0) is 15.0. The maximum absolute atomic E-state index is 3.55. The van der Waals surface area contributed by atoms with E-state index in [0.717, 1.165) is 12.8 Å². The molecule has 0 bridgehead atoms. The van der Waals surface area contributed by atoms with E-state index in [4.69, 9.17) is 0 Å². The summed E-state index contributed by atoms with van der Waals surface area (Å²) in [4.78, 5) is 0. The molecule has 0 aliphatic heterocycles. The summed E-state index contributed by atoms with van der Waals surface area (Å²) in [5.41, 5.74) is 2.79. The topological polar surface area (TPSA) is 0 Å². The lowest BCUT2D eigenvalue weighted by atomic mass is 9.87. The van der Waals surface area contributed by atoms with Crippen molar-refractivity contribution in [2.75, 3.05) is 0 Å². The Morgan fingerprint density at radius 1 is 0.818 bits per heavy atom. The summed E-state index contributed by atoms with van der Waals surface area (Å²) in [6.45, 7) is 0. The Morgan fingerprint density at radius 3 is 2.23 bits per heavy atom. The Balaban J connectivity index is 1.66. The van der Waals surface area contributed by atoms with Crippen molar-refractivity contribution in [2.45, 2.75) is 38.5 Å². The molecule has 111 valence electrons. The lowest BCUT2D eigenvalue weighted by Gasteiger charge is -2.16. The molecular formula is C22H23. The van der Waals surface area contributed by atoms with Crippen LogP contribution in [0.5, 0.6) is 0 Å². The van der Waals surface area contributed by atoms with Crippen LogP contribution in [0.1, 0.15) is 36.8 Å². The van der Waals surface area contributed by atoms with Gasteiger partial charge in [0.25, 0.3) is 0 Å². The highest BCUT2D eigenvalue weighted by Crippen LogP contribution is 2.23. The minimum Gasteiger partial charge on any atom is -0.0989 e. The second-order valence-corrected chi connectivity index (χ2v) is 6.17. The molecule has 0 heterocycles. The Hall–Kier alpha value is -2.00. The second kappa shape index (κ2) is 7.85. The highest BCUT2D eigenvalue weighted by molar-refractivity contribution is 5.30. The summed E-state index contributed by atoms with van der Waals surface area (Å²) in [5.74, 6) is 8.97. The summed E-state index contributed by atoms with van der Waals surface area (Å²) in [6.07, 6.45) is 7.09. The monoisotopic (exact) mass is 287 g/mol. The molecule has 0 heteroatoms. The van der Waals surface area contributed by atoms with E-state index in [1.54, 1.807) is 0 Å². The van der Waals surface area contributed by atoms with Crippen LogP contribution in [-0.4, -0.2) is 0 Å². The fourth-order valence-corrected chi connectivity index (χ4v) is 3.09. The molecule has 0 fully saturated rings. The largest absolute Gasteiger partial charge is 0.0989 e. The Kier molecular flexibility index (Phi) is 5.32. The molecule has 1 atom stereocenters. The van der Waals surface area contributed by atoms with Gasteiger partial charge >= 0.3 is 0 Å². The van der Waals surface area contributed by atoms with Crippen molar-refractivity contribution in [1.29, 1.82) is 0 Å². The predicted octanol–water partition coefficient (Wildman–Crippen LogP) is 5.24. The fourth-order valence-electron chi connectivity index (χ4n) is 3.09. The zero-order valence-corrected chi connectivity index (χ0v) is 13.1. The van der Waals surface area contributed by atoms with Gasteiger partial charge < -0.3 is 0 Å². The molecule has 3 rings (SSSR count). The van der Waals surface area contributed by atoms with Crippen LogP contribution in [0.25, 0.3) is 0 Å². The van der Waals surface area contributed by atoms with Gasteiger partial charge in [-0.1, -0.05) is 85.3 Å². The molecule has 1 aliphatic rings. The van der Waals surface area contributed by atoms with E-state index in [2.05, 4.69) is 72.5 Å². The lowest BCUT2D eigenvalue weighted by molar-refractivity contribution is 0.540. The fraction of sp³-hybridized carbons (Fsp3) is 0.318. The number of rotatable bonds is 4. The standard InChI is InChI=1S/C22H23/c1-3-9-19(10-4-1)17-21-13-7-8-14-22(16-15-21)18-20-11-5-2-6-12-20/h1-6,9-12,21H,7-8,13-14,17-18H2. The summed E-state index contributed by atoms with van der Waals surface area (Å²) in [7, 11) is 0. The Morgan fingerprint density at radius 2 is 1.50 bits per heavy atom. The predicted molar refractivity (Wildman–Crippen MR) is 93.3 cm³/mol. The number of benzene rings is 2. The first kappa shape index (κ1) is 14.9. The highest BCUT2D eigenvalue weighted by Gasteiger charge is 2.13. The summed E-state index contributed by atoms with van der Waals surface area (Å²) < 4.78 is 0. The van der Waals surface area contributed by atoms with Crippen LogP contribution < -0.4 is 0 Å². The quantitative estimate of drug-likeness (QED) is 0.675. The van der Waals surface area contributed by atoms with Gasteiger partial charge in [0.1, 0.15) is 0 Å². The van der Waals surface area contributed by atoms with Crippen molar-refractivity contribution in [3.05, 3.63) is 77.7 Å². The minimum atomic E-state index is 0.508. The van der Waals surface area contributed by atoms with Gasteiger partial charge in [-0.2, -0.15) is 0 Å². The average molecular weight is 287 g/mol. The average Bonchev–Trinajstić information content (AvgIpc) is 2.55. The molecule has 2 aromatic carbocycles. The number of hydrogen-bond acceptors (Lipinski definition) is 0. The van der Waals surface area contributed by atoms with Crippen molar-refractivity contribution in [1.82, 2.24) is 0 Å². The summed E-state index contributed by atoms with van der Waals surface area (Å²) >= 11 is 0. The Labute approximate surface area is 134 Å². The third kappa shape index (κ3) is 4.50. The number of hydrogen-bond donors (Lipinski definition) is 0. The molecule has 0 nitrogen and oxygen atoms in total.